The summed E-state index contributed by atoms with van der Waals surface area (Å²) in [7, 11) is 0. The summed E-state index contributed by atoms with van der Waals surface area (Å²) in [5, 5.41) is 4.78. The van der Waals surface area contributed by atoms with E-state index in [2.05, 4.69) is 29.3 Å². The first kappa shape index (κ1) is 21.7. The number of nitrogens with zero attached hydrogens (tertiary/aromatic N) is 1. The number of furan rings is 1. The number of para-hydroxylation sites is 1. The molecule has 1 aliphatic rings. The van der Waals surface area contributed by atoms with Gasteiger partial charge in [0.15, 0.2) is 0 Å². The van der Waals surface area contributed by atoms with Crippen molar-refractivity contribution in [2.24, 2.45) is 5.92 Å². The topological polar surface area (TPSA) is 45.5 Å². The first-order chi connectivity index (χ1) is 16.1. The molecule has 0 spiro atoms. The Morgan fingerprint density at radius 1 is 0.970 bits per heavy atom. The predicted octanol–water partition coefficient (Wildman–Crippen LogP) is 7.16. The minimum atomic E-state index is -0.148. The highest BCUT2D eigenvalue weighted by molar-refractivity contribution is 6.30. The van der Waals surface area contributed by atoms with Crippen LogP contribution in [0.4, 0.5) is 5.69 Å². The summed E-state index contributed by atoms with van der Waals surface area (Å²) < 4.78 is 6.47. The normalized spacial score (nSPS) is 16.1. The average molecular weight is 459 g/mol. The lowest BCUT2D eigenvalue weighted by Crippen LogP contribution is -2.37. The molecule has 3 aromatic carbocycles. The van der Waals surface area contributed by atoms with Gasteiger partial charge in [-0.1, -0.05) is 61.0 Å². The smallest absolute Gasteiger partial charge is 0.255 e. The fourth-order valence-electron chi connectivity index (χ4n) is 4.62. The van der Waals surface area contributed by atoms with Crippen LogP contribution < -0.4 is 5.32 Å². The lowest BCUT2D eigenvalue weighted by Gasteiger charge is -2.36. The van der Waals surface area contributed by atoms with E-state index in [4.69, 9.17) is 16.0 Å². The number of nitrogens with one attached hydrogen (secondary N) is 1. The Morgan fingerprint density at radius 2 is 1.64 bits per heavy atom. The van der Waals surface area contributed by atoms with Gasteiger partial charge in [-0.15, -0.1) is 0 Å². The van der Waals surface area contributed by atoms with Crippen LogP contribution in [0.5, 0.6) is 0 Å². The van der Waals surface area contributed by atoms with Gasteiger partial charge in [0.1, 0.15) is 11.3 Å². The summed E-state index contributed by atoms with van der Waals surface area (Å²) in [6.07, 6.45) is 2.27. The maximum atomic E-state index is 13.1. The van der Waals surface area contributed by atoms with E-state index < -0.39 is 0 Å². The number of piperidine rings is 1. The Kier molecular flexibility index (Phi) is 6.21. The molecule has 2 heterocycles. The molecular formula is C28H27ClN2O2. The van der Waals surface area contributed by atoms with Crippen LogP contribution in [0, 0.1) is 5.92 Å². The minimum absolute atomic E-state index is 0.117. The number of fused-ring (bicyclic) bond motifs is 1. The molecule has 4 aromatic rings. The van der Waals surface area contributed by atoms with Crippen molar-refractivity contribution in [2.75, 3.05) is 18.4 Å². The highest BCUT2D eigenvalue weighted by atomic mass is 35.5. The van der Waals surface area contributed by atoms with E-state index in [1.807, 2.05) is 66.7 Å². The molecule has 4 nitrogen and oxygen atoms in total. The van der Waals surface area contributed by atoms with Crippen LogP contribution in [-0.2, 0) is 0 Å². The van der Waals surface area contributed by atoms with Crippen LogP contribution in [0.3, 0.4) is 0 Å². The van der Waals surface area contributed by atoms with Crippen molar-refractivity contribution in [3.05, 3.63) is 101 Å². The third-order valence-corrected chi connectivity index (χ3v) is 6.77. The van der Waals surface area contributed by atoms with Gasteiger partial charge >= 0.3 is 0 Å². The first-order valence-corrected chi connectivity index (χ1v) is 11.9. The number of rotatable bonds is 5. The summed E-state index contributed by atoms with van der Waals surface area (Å²) >= 11 is 6.21. The number of amides is 1. The molecule has 0 aliphatic carbocycles. The largest absolute Gasteiger partial charge is 0.457 e. The number of anilines is 1. The van der Waals surface area contributed by atoms with Gasteiger partial charge in [-0.2, -0.15) is 0 Å². The molecule has 1 N–H and O–H groups in total. The van der Waals surface area contributed by atoms with Crippen LogP contribution in [0.25, 0.3) is 11.0 Å². The van der Waals surface area contributed by atoms with Gasteiger partial charge in [0.2, 0.25) is 0 Å². The zero-order valence-corrected chi connectivity index (χ0v) is 19.4. The third kappa shape index (κ3) is 4.54. The predicted molar refractivity (Wildman–Crippen MR) is 134 cm³/mol. The maximum Gasteiger partial charge on any atom is 0.255 e. The Labute approximate surface area is 199 Å². The van der Waals surface area contributed by atoms with Gasteiger partial charge < -0.3 is 9.73 Å². The van der Waals surface area contributed by atoms with Gasteiger partial charge in [-0.3, -0.25) is 9.69 Å². The zero-order valence-electron chi connectivity index (χ0n) is 18.6. The number of hydrogen-bond donors (Lipinski definition) is 1. The molecule has 1 saturated heterocycles. The second kappa shape index (κ2) is 9.42. The van der Waals surface area contributed by atoms with Crippen LogP contribution >= 0.6 is 11.6 Å². The summed E-state index contributed by atoms with van der Waals surface area (Å²) in [4.78, 5) is 15.6. The highest BCUT2D eigenvalue weighted by Crippen LogP contribution is 2.42. The second-order valence-corrected chi connectivity index (χ2v) is 9.27. The van der Waals surface area contributed by atoms with E-state index in [1.165, 1.54) is 0 Å². The van der Waals surface area contributed by atoms with Crippen molar-refractivity contribution in [3.8, 4) is 0 Å². The van der Waals surface area contributed by atoms with Crippen molar-refractivity contribution in [3.63, 3.8) is 0 Å². The molecule has 33 heavy (non-hydrogen) atoms. The number of carbonyl (C=O) groups is 1. The van der Waals surface area contributed by atoms with E-state index >= 15 is 0 Å². The van der Waals surface area contributed by atoms with E-state index in [0.29, 0.717) is 16.5 Å². The minimum Gasteiger partial charge on any atom is -0.457 e. The summed E-state index contributed by atoms with van der Waals surface area (Å²) in [5.41, 5.74) is 3.21. The monoisotopic (exact) mass is 458 g/mol. The Hall–Kier alpha value is -3.08. The summed E-state index contributed by atoms with van der Waals surface area (Å²) in [6.45, 7) is 4.25. The summed E-state index contributed by atoms with van der Waals surface area (Å²) in [6, 6.07) is 25.0. The highest BCUT2D eigenvalue weighted by Gasteiger charge is 2.32. The number of hydrogen-bond acceptors (Lipinski definition) is 3. The van der Waals surface area contributed by atoms with Crippen molar-refractivity contribution >= 4 is 34.2 Å². The molecule has 0 radical (unpaired) electrons. The van der Waals surface area contributed by atoms with E-state index in [9.17, 15) is 4.79 Å². The van der Waals surface area contributed by atoms with Crippen LogP contribution in [-0.4, -0.2) is 23.9 Å². The van der Waals surface area contributed by atoms with Gasteiger partial charge in [0.25, 0.3) is 5.91 Å². The number of halogens is 1. The van der Waals surface area contributed by atoms with E-state index in [-0.39, 0.29) is 11.9 Å². The van der Waals surface area contributed by atoms with Gasteiger partial charge in [-0.05, 0) is 73.8 Å². The fraction of sp³-hybridized carbons (Fsp3) is 0.250. The quantitative estimate of drug-likeness (QED) is 0.345. The molecule has 1 fully saturated rings. The van der Waals surface area contributed by atoms with Crippen molar-refractivity contribution < 1.29 is 9.21 Å². The van der Waals surface area contributed by atoms with Crippen LogP contribution in [0.1, 0.15) is 47.5 Å². The molecule has 1 aromatic heterocycles. The fourth-order valence-corrected chi connectivity index (χ4v) is 4.75. The Morgan fingerprint density at radius 3 is 2.36 bits per heavy atom. The van der Waals surface area contributed by atoms with Gasteiger partial charge in [0.05, 0.1) is 11.7 Å². The van der Waals surface area contributed by atoms with Crippen molar-refractivity contribution in [1.29, 1.82) is 0 Å². The van der Waals surface area contributed by atoms with Crippen LogP contribution in [0.2, 0.25) is 5.02 Å². The number of carbonyl (C=O) groups excluding carboxylic acids is 1. The van der Waals surface area contributed by atoms with Gasteiger partial charge in [0, 0.05) is 16.0 Å². The Bertz CT molecular complexity index is 1240. The van der Waals surface area contributed by atoms with E-state index in [0.717, 1.165) is 53.9 Å². The van der Waals surface area contributed by atoms with Crippen molar-refractivity contribution in [2.45, 2.75) is 25.8 Å². The zero-order chi connectivity index (χ0) is 22.8. The molecule has 1 amide bonds. The second-order valence-electron chi connectivity index (χ2n) is 8.83. The molecule has 5 rings (SSSR count). The molecule has 1 aliphatic heterocycles. The molecule has 5 heteroatoms. The summed E-state index contributed by atoms with van der Waals surface area (Å²) in [5.74, 6) is 1.32. The SMILES string of the molecule is CC1CCN([C@@H](c2ccc(Cl)cc2)c2oc3ccccc3c2NC(=O)c2ccccc2)CC1. The molecule has 0 unspecified atom stereocenters. The third-order valence-electron chi connectivity index (χ3n) is 6.51. The molecule has 1 atom stereocenters. The molecule has 0 saturated carbocycles. The lowest BCUT2D eigenvalue weighted by molar-refractivity contribution is 0.102. The maximum absolute atomic E-state index is 13.1. The Balaban J connectivity index is 1.62. The standard InChI is InChI=1S/C28H27ClN2O2/c1-19-15-17-31(18-16-19)26(20-11-13-22(29)14-12-20)27-25(23-9-5-6-10-24(23)33-27)30-28(32)21-7-3-2-4-8-21/h2-14,19,26H,15-18H2,1H3,(H,30,32)/t26-/m0/s1. The molecular weight excluding hydrogens is 432 g/mol. The number of likely N-dealkylation sites (tertiary alicyclic amines) is 1. The molecule has 0 bridgehead atoms. The lowest BCUT2D eigenvalue weighted by atomic mass is 9.94. The number of benzene rings is 3. The van der Waals surface area contributed by atoms with Crippen molar-refractivity contribution in [1.82, 2.24) is 4.90 Å². The van der Waals surface area contributed by atoms with Crippen LogP contribution in [0.15, 0.2) is 83.3 Å². The average Bonchev–Trinajstić information content (AvgIpc) is 3.20. The first-order valence-electron chi connectivity index (χ1n) is 11.5. The van der Waals surface area contributed by atoms with Gasteiger partial charge in [-0.25, -0.2) is 0 Å². The molecule has 168 valence electrons. The van der Waals surface area contributed by atoms with E-state index in [1.54, 1.807) is 0 Å².